The van der Waals surface area contributed by atoms with Gasteiger partial charge in [-0.3, -0.25) is 0 Å². The Bertz CT molecular complexity index is 954. The molecule has 0 spiro atoms. The number of rotatable bonds is 4. The number of hydrogen-bond donors (Lipinski definition) is 1. The van der Waals surface area contributed by atoms with E-state index in [-0.39, 0.29) is 0 Å². The largest absolute Gasteiger partial charge is 0.358 e. The zero-order valence-electron chi connectivity index (χ0n) is 16.0. The van der Waals surface area contributed by atoms with Crippen molar-refractivity contribution in [1.82, 2.24) is 14.5 Å². The molecule has 28 heavy (non-hydrogen) atoms. The first kappa shape index (κ1) is 21.0. The zero-order chi connectivity index (χ0) is 20.3. The molecule has 0 radical (unpaired) electrons. The average Bonchev–Trinajstić information content (AvgIpc) is 2.69. The highest BCUT2D eigenvalue weighted by atomic mass is 35.5. The molecule has 8 heteroatoms. The van der Waals surface area contributed by atoms with Gasteiger partial charge in [0.1, 0.15) is 0 Å². The van der Waals surface area contributed by atoms with E-state index in [4.69, 9.17) is 23.8 Å². The maximum Gasteiger partial charge on any atom is 0.243 e. The van der Waals surface area contributed by atoms with Crippen LogP contribution in [0.3, 0.4) is 0 Å². The fourth-order valence-corrected chi connectivity index (χ4v) is 4.94. The van der Waals surface area contributed by atoms with Crippen LogP contribution in [0.15, 0.2) is 47.4 Å². The van der Waals surface area contributed by atoms with E-state index in [1.807, 2.05) is 49.1 Å². The van der Waals surface area contributed by atoms with Gasteiger partial charge >= 0.3 is 0 Å². The molecular weight excluding hydrogens is 414 g/mol. The fraction of sp³-hybridized carbons (Fsp3) is 0.350. The van der Waals surface area contributed by atoms with Crippen LogP contribution in [0.1, 0.15) is 16.7 Å². The molecule has 0 atom stereocenters. The van der Waals surface area contributed by atoms with Crippen LogP contribution in [0.2, 0.25) is 5.02 Å². The molecule has 1 aliphatic rings. The summed E-state index contributed by atoms with van der Waals surface area (Å²) in [6.45, 7) is 6.47. The number of thiocarbonyl (C=S) groups is 1. The van der Waals surface area contributed by atoms with E-state index >= 15 is 0 Å². The van der Waals surface area contributed by atoms with Gasteiger partial charge in [0.15, 0.2) is 5.11 Å². The molecule has 1 N–H and O–H groups in total. The molecule has 1 saturated heterocycles. The van der Waals surface area contributed by atoms with Crippen LogP contribution < -0.4 is 5.32 Å². The normalized spacial score (nSPS) is 15.5. The molecule has 2 aromatic rings. The number of aryl methyl sites for hydroxylation is 2. The summed E-state index contributed by atoms with van der Waals surface area (Å²) in [7, 11) is -3.48. The standard InChI is InChI=1S/C20H24ClN3O2S2/c1-15-3-8-19(13-16(15)2)28(25,26)24-11-9-23(10-12-24)20(27)22-14-17-4-6-18(21)7-5-17/h3-8,13H,9-12,14H2,1-2H3,(H,22,27). The number of nitrogens with zero attached hydrogens (tertiary/aromatic N) is 2. The second-order valence-electron chi connectivity index (χ2n) is 6.92. The van der Waals surface area contributed by atoms with Crippen LogP contribution in [0, 0.1) is 13.8 Å². The summed E-state index contributed by atoms with van der Waals surface area (Å²) < 4.78 is 27.4. The molecule has 1 fully saturated rings. The van der Waals surface area contributed by atoms with Gasteiger partial charge in [0.2, 0.25) is 10.0 Å². The van der Waals surface area contributed by atoms with Crippen LogP contribution in [0.4, 0.5) is 0 Å². The highest BCUT2D eigenvalue weighted by Crippen LogP contribution is 2.20. The van der Waals surface area contributed by atoms with E-state index in [0.717, 1.165) is 16.7 Å². The van der Waals surface area contributed by atoms with Crippen molar-refractivity contribution in [2.45, 2.75) is 25.3 Å². The molecule has 0 aromatic heterocycles. The first-order valence-electron chi connectivity index (χ1n) is 9.12. The topological polar surface area (TPSA) is 52.7 Å². The molecule has 1 heterocycles. The van der Waals surface area contributed by atoms with Crippen molar-refractivity contribution < 1.29 is 8.42 Å². The Hall–Kier alpha value is -1.67. The summed E-state index contributed by atoms with van der Waals surface area (Å²) in [5.74, 6) is 0. The van der Waals surface area contributed by atoms with Gasteiger partial charge in [-0.2, -0.15) is 4.31 Å². The van der Waals surface area contributed by atoms with Gasteiger partial charge in [-0.25, -0.2) is 8.42 Å². The van der Waals surface area contributed by atoms with E-state index in [1.165, 1.54) is 4.31 Å². The van der Waals surface area contributed by atoms with Crippen molar-refractivity contribution in [2.75, 3.05) is 26.2 Å². The highest BCUT2D eigenvalue weighted by Gasteiger charge is 2.29. The van der Waals surface area contributed by atoms with Gasteiger partial charge in [-0.15, -0.1) is 0 Å². The Balaban J connectivity index is 1.56. The summed E-state index contributed by atoms with van der Waals surface area (Å²) in [4.78, 5) is 2.37. The summed E-state index contributed by atoms with van der Waals surface area (Å²) in [6, 6.07) is 12.9. The number of piperazine rings is 1. The van der Waals surface area contributed by atoms with Crippen molar-refractivity contribution in [2.24, 2.45) is 0 Å². The van der Waals surface area contributed by atoms with Crippen LogP contribution >= 0.6 is 23.8 Å². The third-order valence-electron chi connectivity index (χ3n) is 5.00. The second kappa shape index (κ2) is 8.78. The lowest BCUT2D eigenvalue weighted by Gasteiger charge is -2.35. The van der Waals surface area contributed by atoms with Gasteiger partial charge in [0.25, 0.3) is 0 Å². The number of hydrogen-bond acceptors (Lipinski definition) is 3. The zero-order valence-corrected chi connectivity index (χ0v) is 18.4. The first-order valence-corrected chi connectivity index (χ1v) is 11.3. The minimum absolute atomic E-state index is 0.354. The van der Waals surface area contributed by atoms with Gasteiger partial charge < -0.3 is 10.2 Å². The van der Waals surface area contributed by atoms with Crippen LogP contribution in [0.25, 0.3) is 0 Å². The lowest BCUT2D eigenvalue weighted by atomic mass is 10.1. The maximum atomic E-state index is 12.9. The fourth-order valence-electron chi connectivity index (χ4n) is 3.05. The summed E-state index contributed by atoms with van der Waals surface area (Å²) >= 11 is 11.4. The third-order valence-corrected chi connectivity index (χ3v) is 7.55. The lowest BCUT2D eigenvalue weighted by Crippen LogP contribution is -2.52. The van der Waals surface area contributed by atoms with Crippen molar-refractivity contribution in [3.05, 3.63) is 64.2 Å². The number of sulfonamides is 1. The van der Waals surface area contributed by atoms with Crippen LogP contribution in [0.5, 0.6) is 0 Å². The summed E-state index contributed by atoms with van der Waals surface area (Å²) in [5.41, 5.74) is 3.15. The van der Waals surface area contributed by atoms with E-state index < -0.39 is 10.0 Å². The van der Waals surface area contributed by atoms with Gasteiger partial charge in [-0.1, -0.05) is 29.8 Å². The van der Waals surface area contributed by atoms with E-state index in [0.29, 0.717) is 47.8 Å². The molecule has 0 bridgehead atoms. The minimum Gasteiger partial charge on any atom is -0.358 e. The van der Waals surface area contributed by atoms with Crippen molar-refractivity contribution in [1.29, 1.82) is 0 Å². The minimum atomic E-state index is -3.48. The van der Waals surface area contributed by atoms with Gasteiger partial charge in [-0.05, 0) is 67.0 Å². The first-order chi connectivity index (χ1) is 13.3. The predicted octanol–water partition coefficient (Wildman–Crippen LogP) is 3.34. The van der Waals surface area contributed by atoms with Crippen molar-refractivity contribution in [3.8, 4) is 0 Å². The monoisotopic (exact) mass is 437 g/mol. The number of benzene rings is 2. The van der Waals surface area contributed by atoms with Crippen LogP contribution in [-0.4, -0.2) is 48.9 Å². The molecular formula is C20H24ClN3O2S2. The Morgan fingerprint density at radius 3 is 2.29 bits per heavy atom. The molecule has 0 unspecified atom stereocenters. The molecule has 0 amide bonds. The number of nitrogens with one attached hydrogen (secondary N) is 1. The molecule has 5 nitrogen and oxygen atoms in total. The molecule has 1 aliphatic heterocycles. The summed E-state index contributed by atoms with van der Waals surface area (Å²) in [6.07, 6.45) is 0. The second-order valence-corrected chi connectivity index (χ2v) is 9.68. The third kappa shape index (κ3) is 4.84. The smallest absolute Gasteiger partial charge is 0.243 e. The Kier molecular flexibility index (Phi) is 6.60. The average molecular weight is 438 g/mol. The lowest BCUT2D eigenvalue weighted by molar-refractivity contribution is 0.264. The van der Waals surface area contributed by atoms with Crippen molar-refractivity contribution >= 4 is 39.0 Å². The molecule has 2 aromatic carbocycles. The molecule has 0 saturated carbocycles. The number of halogens is 1. The SMILES string of the molecule is Cc1ccc(S(=O)(=O)N2CCN(C(=S)NCc3ccc(Cl)cc3)CC2)cc1C. The highest BCUT2D eigenvalue weighted by molar-refractivity contribution is 7.89. The van der Waals surface area contributed by atoms with Crippen LogP contribution in [-0.2, 0) is 16.6 Å². The van der Waals surface area contributed by atoms with Crippen molar-refractivity contribution in [3.63, 3.8) is 0 Å². The molecule has 150 valence electrons. The molecule has 0 aliphatic carbocycles. The van der Waals surface area contributed by atoms with E-state index in [9.17, 15) is 8.42 Å². The summed E-state index contributed by atoms with van der Waals surface area (Å²) in [5, 5.41) is 4.57. The quantitative estimate of drug-likeness (QED) is 0.743. The predicted molar refractivity (Wildman–Crippen MR) is 117 cm³/mol. The maximum absolute atomic E-state index is 12.9. The van der Waals surface area contributed by atoms with E-state index in [1.54, 1.807) is 12.1 Å². The Labute approximate surface area is 177 Å². The Morgan fingerprint density at radius 2 is 1.68 bits per heavy atom. The van der Waals surface area contributed by atoms with E-state index in [2.05, 4.69) is 5.32 Å². The molecule has 3 rings (SSSR count). The Morgan fingerprint density at radius 1 is 1.04 bits per heavy atom. The van der Waals surface area contributed by atoms with Gasteiger partial charge in [0.05, 0.1) is 4.90 Å². The van der Waals surface area contributed by atoms with Gasteiger partial charge in [0, 0.05) is 37.7 Å².